The van der Waals surface area contributed by atoms with E-state index in [-0.39, 0.29) is 24.4 Å². The number of rotatable bonds is 5. The molecule has 0 saturated heterocycles. The standard InChI is InChI=1S/C18H23N5O2/c1-11-8-16(23(3)22-11)21-18(25)10-19-12(2)13-4-6-15-14(9-13)5-7-17(24)20-15/h4,6,8-9,12,19H,5,7,10H2,1-3H3,(H,20,24)(H,21,25). The lowest BCUT2D eigenvalue weighted by Gasteiger charge is -2.20. The summed E-state index contributed by atoms with van der Waals surface area (Å²) >= 11 is 0. The van der Waals surface area contributed by atoms with E-state index >= 15 is 0 Å². The van der Waals surface area contributed by atoms with Crippen LogP contribution in [0.3, 0.4) is 0 Å². The number of amides is 2. The Labute approximate surface area is 146 Å². The first kappa shape index (κ1) is 17.2. The molecule has 25 heavy (non-hydrogen) atoms. The molecule has 0 aliphatic carbocycles. The van der Waals surface area contributed by atoms with Crippen LogP contribution in [0.2, 0.25) is 0 Å². The van der Waals surface area contributed by atoms with Gasteiger partial charge in [0.25, 0.3) is 0 Å². The van der Waals surface area contributed by atoms with Crippen LogP contribution >= 0.6 is 0 Å². The van der Waals surface area contributed by atoms with Gasteiger partial charge in [-0.1, -0.05) is 12.1 Å². The van der Waals surface area contributed by atoms with Gasteiger partial charge in [-0.15, -0.1) is 0 Å². The normalized spacial score (nSPS) is 14.6. The SMILES string of the molecule is Cc1cc(NC(=O)CNC(C)c2ccc3c(c2)CCC(=O)N3)n(C)n1. The van der Waals surface area contributed by atoms with Crippen molar-refractivity contribution in [1.29, 1.82) is 0 Å². The van der Waals surface area contributed by atoms with Crippen molar-refractivity contribution in [3.05, 3.63) is 41.1 Å². The van der Waals surface area contributed by atoms with E-state index < -0.39 is 0 Å². The van der Waals surface area contributed by atoms with Crippen molar-refractivity contribution in [1.82, 2.24) is 15.1 Å². The second kappa shape index (κ2) is 7.06. The average Bonchev–Trinajstić information content (AvgIpc) is 2.89. The number of benzene rings is 1. The molecule has 0 radical (unpaired) electrons. The maximum atomic E-state index is 12.1. The Balaban J connectivity index is 1.57. The number of aryl methyl sites for hydroxylation is 3. The summed E-state index contributed by atoms with van der Waals surface area (Å²) in [6.07, 6.45) is 1.27. The first-order valence-corrected chi connectivity index (χ1v) is 8.39. The monoisotopic (exact) mass is 341 g/mol. The maximum Gasteiger partial charge on any atom is 0.239 e. The summed E-state index contributed by atoms with van der Waals surface area (Å²) in [6.45, 7) is 4.11. The molecule has 3 N–H and O–H groups in total. The van der Waals surface area contributed by atoms with Gasteiger partial charge in [0.2, 0.25) is 11.8 Å². The molecule has 2 heterocycles. The quantitative estimate of drug-likeness (QED) is 0.775. The number of nitrogens with one attached hydrogen (secondary N) is 3. The number of fused-ring (bicyclic) bond motifs is 1. The fourth-order valence-corrected chi connectivity index (χ4v) is 2.95. The highest BCUT2D eigenvalue weighted by Gasteiger charge is 2.16. The summed E-state index contributed by atoms with van der Waals surface area (Å²) in [5.74, 6) is 0.634. The average molecular weight is 341 g/mol. The molecule has 1 aliphatic heterocycles. The van der Waals surface area contributed by atoms with Crippen LogP contribution in [0, 0.1) is 6.92 Å². The van der Waals surface area contributed by atoms with E-state index in [1.807, 2.05) is 32.0 Å². The molecule has 2 aromatic rings. The summed E-state index contributed by atoms with van der Waals surface area (Å²) < 4.78 is 1.65. The number of hydrogen-bond acceptors (Lipinski definition) is 4. The van der Waals surface area contributed by atoms with Crippen LogP contribution in [0.15, 0.2) is 24.3 Å². The summed E-state index contributed by atoms with van der Waals surface area (Å²) in [6, 6.07) is 7.86. The van der Waals surface area contributed by atoms with Crippen molar-refractivity contribution in [3.8, 4) is 0 Å². The van der Waals surface area contributed by atoms with Gasteiger partial charge >= 0.3 is 0 Å². The number of aromatic nitrogens is 2. The smallest absolute Gasteiger partial charge is 0.239 e. The first-order valence-electron chi connectivity index (χ1n) is 8.39. The van der Waals surface area contributed by atoms with Gasteiger partial charge in [-0.05, 0) is 37.5 Å². The largest absolute Gasteiger partial charge is 0.326 e. The summed E-state index contributed by atoms with van der Waals surface area (Å²) in [5.41, 5.74) is 3.98. The zero-order valence-electron chi connectivity index (χ0n) is 14.7. The molecule has 0 fully saturated rings. The minimum Gasteiger partial charge on any atom is -0.326 e. The van der Waals surface area contributed by atoms with Gasteiger partial charge in [0.15, 0.2) is 0 Å². The van der Waals surface area contributed by atoms with E-state index in [2.05, 4.69) is 27.1 Å². The first-order chi connectivity index (χ1) is 11.9. The third-order valence-electron chi connectivity index (χ3n) is 4.36. The van der Waals surface area contributed by atoms with E-state index in [1.165, 1.54) is 0 Å². The number of hydrogen-bond donors (Lipinski definition) is 3. The highest BCUT2D eigenvalue weighted by atomic mass is 16.2. The topological polar surface area (TPSA) is 88.0 Å². The molecule has 0 saturated carbocycles. The van der Waals surface area contributed by atoms with Gasteiger partial charge in [-0.3, -0.25) is 14.3 Å². The van der Waals surface area contributed by atoms with Gasteiger partial charge in [0.1, 0.15) is 5.82 Å². The van der Waals surface area contributed by atoms with Gasteiger partial charge in [-0.25, -0.2) is 0 Å². The van der Waals surface area contributed by atoms with Crippen LogP contribution in [-0.2, 0) is 23.1 Å². The van der Waals surface area contributed by atoms with Crippen molar-refractivity contribution in [2.24, 2.45) is 7.05 Å². The third kappa shape index (κ3) is 4.06. The lowest BCUT2D eigenvalue weighted by molar-refractivity contribution is -0.116. The predicted molar refractivity (Wildman–Crippen MR) is 96.4 cm³/mol. The molecule has 3 rings (SSSR count). The Morgan fingerprint density at radius 1 is 1.36 bits per heavy atom. The van der Waals surface area contributed by atoms with E-state index in [0.717, 1.165) is 28.9 Å². The molecular weight excluding hydrogens is 318 g/mol. The van der Waals surface area contributed by atoms with Crippen molar-refractivity contribution in [2.75, 3.05) is 17.2 Å². The Kier molecular flexibility index (Phi) is 4.85. The van der Waals surface area contributed by atoms with Crippen molar-refractivity contribution in [2.45, 2.75) is 32.7 Å². The molecule has 0 spiro atoms. The number of nitrogens with zero attached hydrogens (tertiary/aromatic N) is 2. The summed E-state index contributed by atoms with van der Waals surface area (Å²) in [4.78, 5) is 23.5. The van der Waals surface area contributed by atoms with Gasteiger partial charge < -0.3 is 16.0 Å². The number of anilines is 2. The summed E-state index contributed by atoms with van der Waals surface area (Å²) in [7, 11) is 1.80. The zero-order chi connectivity index (χ0) is 18.0. The highest BCUT2D eigenvalue weighted by Crippen LogP contribution is 2.26. The van der Waals surface area contributed by atoms with Crippen molar-refractivity contribution < 1.29 is 9.59 Å². The van der Waals surface area contributed by atoms with Crippen LogP contribution in [0.5, 0.6) is 0 Å². The molecule has 1 aromatic carbocycles. The second-order valence-electron chi connectivity index (χ2n) is 6.41. The van der Waals surface area contributed by atoms with E-state index in [4.69, 9.17) is 0 Å². The Morgan fingerprint density at radius 3 is 2.88 bits per heavy atom. The zero-order valence-corrected chi connectivity index (χ0v) is 14.7. The Bertz CT molecular complexity index is 812. The minimum atomic E-state index is -0.111. The molecule has 1 atom stereocenters. The summed E-state index contributed by atoms with van der Waals surface area (Å²) in [5, 5.41) is 13.2. The minimum absolute atomic E-state index is 0.0296. The fraction of sp³-hybridized carbons (Fsp3) is 0.389. The molecule has 7 heteroatoms. The van der Waals surface area contributed by atoms with Crippen LogP contribution in [0.25, 0.3) is 0 Å². The highest BCUT2D eigenvalue weighted by molar-refractivity contribution is 5.94. The van der Waals surface area contributed by atoms with E-state index in [1.54, 1.807) is 11.7 Å². The van der Waals surface area contributed by atoms with Gasteiger partial charge in [0.05, 0.1) is 12.2 Å². The van der Waals surface area contributed by atoms with E-state index in [9.17, 15) is 9.59 Å². The van der Waals surface area contributed by atoms with Gasteiger partial charge in [0, 0.05) is 31.3 Å². The van der Waals surface area contributed by atoms with Crippen LogP contribution in [-0.4, -0.2) is 28.1 Å². The van der Waals surface area contributed by atoms with Crippen molar-refractivity contribution in [3.63, 3.8) is 0 Å². The molecule has 1 aliphatic rings. The molecule has 1 aromatic heterocycles. The van der Waals surface area contributed by atoms with Crippen LogP contribution in [0.1, 0.15) is 36.2 Å². The lowest BCUT2D eigenvalue weighted by atomic mass is 9.98. The van der Waals surface area contributed by atoms with Crippen LogP contribution in [0.4, 0.5) is 11.5 Å². The molecule has 0 bridgehead atoms. The van der Waals surface area contributed by atoms with E-state index in [0.29, 0.717) is 12.2 Å². The molecule has 1 unspecified atom stereocenters. The van der Waals surface area contributed by atoms with Crippen molar-refractivity contribution >= 4 is 23.3 Å². The number of carbonyl (C=O) groups is 2. The third-order valence-corrected chi connectivity index (χ3v) is 4.36. The molecule has 2 amide bonds. The maximum absolute atomic E-state index is 12.1. The fourth-order valence-electron chi connectivity index (χ4n) is 2.95. The molecule has 132 valence electrons. The predicted octanol–water partition coefficient (Wildman–Crippen LogP) is 1.90. The van der Waals surface area contributed by atoms with Crippen LogP contribution < -0.4 is 16.0 Å². The molecule has 7 nitrogen and oxygen atoms in total. The Hall–Kier alpha value is -2.67. The number of carbonyl (C=O) groups excluding carboxylic acids is 2. The Morgan fingerprint density at radius 2 is 2.16 bits per heavy atom. The second-order valence-corrected chi connectivity index (χ2v) is 6.41. The lowest BCUT2D eigenvalue weighted by Crippen LogP contribution is -2.30. The molecular formula is C18H23N5O2. The van der Waals surface area contributed by atoms with Gasteiger partial charge in [-0.2, -0.15) is 5.10 Å².